The molecule has 28 heavy (non-hydrogen) atoms. The molecular weight excluding hydrogens is 399 g/mol. The van der Waals surface area contributed by atoms with E-state index in [0.717, 1.165) is 42.6 Å². The number of halogens is 2. The largest absolute Gasteiger partial charge is 0.368 e. The van der Waals surface area contributed by atoms with Gasteiger partial charge in [-0.05, 0) is 31.4 Å². The van der Waals surface area contributed by atoms with Gasteiger partial charge in [0.1, 0.15) is 5.65 Å². The lowest BCUT2D eigenvalue weighted by atomic mass is 10.1. The van der Waals surface area contributed by atoms with Gasteiger partial charge in [-0.2, -0.15) is 0 Å². The minimum absolute atomic E-state index is 0. The molecular formula is C19H22Cl2N6O. The normalized spacial score (nSPS) is 16.7. The van der Waals surface area contributed by atoms with Crippen molar-refractivity contribution in [3.8, 4) is 0 Å². The summed E-state index contributed by atoms with van der Waals surface area (Å²) in [6, 6.07) is 1.90. The van der Waals surface area contributed by atoms with Gasteiger partial charge in [0.25, 0.3) is 5.91 Å². The maximum Gasteiger partial charge on any atom is 0.257 e. The van der Waals surface area contributed by atoms with Crippen LogP contribution in [0.15, 0.2) is 30.9 Å². The Bertz CT molecular complexity index is 1010. The van der Waals surface area contributed by atoms with Crippen LogP contribution in [0, 0.1) is 6.92 Å². The Morgan fingerprint density at radius 3 is 2.96 bits per heavy atom. The SMILES string of the molecule is Cc1cncc(C(=O)Nc2c[nH]c3ncc(Cl)c(N4CCC[C@@H](N)C4)c23)c1.Cl. The molecule has 1 aliphatic rings. The first kappa shape index (κ1) is 20.4. The number of aromatic amines is 1. The van der Waals surface area contributed by atoms with Crippen LogP contribution in [-0.4, -0.2) is 40.0 Å². The third-order valence-electron chi connectivity index (χ3n) is 4.79. The average Bonchev–Trinajstić information content (AvgIpc) is 3.04. The average molecular weight is 421 g/mol. The van der Waals surface area contributed by atoms with Gasteiger partial charge in [0.15, 0.2) is 0 Å². The minimum atomic E-state index is -0.228. The standard InChI is InChI=1S/C19H21ClN6O.ClH/c1-11-5-12(7-22-6-11)19(27)25-15-9-24-18-16(15)17(14(20)8-23-18)26-4-2-3-13(21)10-26;/h5-9,13H,2-4,10,21H2,1H3,(H,23,24)(H,25,27);1H/t13-;/m1./s1. The van der Waals surface area contributed by atoms with Crippen LogP contribution in [0.3, 0.4) is 0 Å². The maximum atomic E-state index is 12.7. The topological polar surface area (TPSA) is 99.9 Å². The van der Waals surface area contributed by atoms with Crippen LogP contribution >= 0.6 is 24.0 Å². The first-order chi connectivity index (χ1) is 13.0. The van der Waals surface area contributed by atoms with Gasteiger partial charge in [-0.15, -0.1) is 12.4 Å². The highest BCUT2D eigenvalue weighted by Gasteiger charge is 2.24. The molecule has 0 bridgehead atoms. The second-order valence-electron chi connectivity index (χ2n) is 6.93. The van der Waals surface area contributed by atoms with Crippen molar-refractivity contribution in [3.05, 3.63) is 47.0 Å². The third-order valence-corrected chi connectivity index (χ3v) is 5.07. The molecule has 0 saturated carbocycles. The number of nitrogens with one attached hydrogen (secondary N) is 2. The Labute approximate surface area is 174 Å². The number of pyridine rings is 2. The van der Waals surface area contributed by atoms with Crippen molar-refractivity contribution >= 4 is 52.3 Å². The zero-order chi connectivity index (χ0) is 19.0. The first-order valence-corrected chi connectivity index (χ1v) is 9.30. The summed E-state index contributed by atoms with van der Waals surface area (Å²) in [5.41, 5.74) is 9.75. The summed E-state index contributed by atoms with van der Waals surface area (Å²) in [5.74, 6) is -0.228. The van der Waals surface area contributed by atoms with Gasteiger partial charge in [0, 0.05) is 37.7 Å². The smallest absolute Gasteiger partial charge is 0.257 e. The van der Waals surface area contributed by atoms with E-state index in [2.05, 4.69) is 25.2 Å². The van der Waals surface area contributed by atoms with E-state index in [1.165, 1.54) is 0 Å². The molecule has 0 aliphatic carbocycles. The minimum Gasteiger partial charge on any atom is -0.368 e. The lowest BCUT2D eigenvalue weighted by Gasteiger charge is -2.33. The number of aromatic nitrogens is 3. The van der Waals surface area contributed by atoms with Gasteiger partial charge in [0.05, 0.1) is 33.5 Å². The van der Waals surface area contributed by atoms with Crippen molar-refractivity contribution in [1.29, 1.82) is 0 Å². The predicted molar refractivity (Wildman–Crippen MR) is 115 cm³/mol. The molecule has 0 aromatic carbocycles. The summed E-state index contributed by atoms with van der Waals surface area (Å²) in [7, 11) is 0. The Hall–Kier alpha value is -2.35. The molecule has 1 amide bonds. The Morgan fingerprint density at radius 1 is 1.39 bits per heavy atom. The van der Waals surface area contributed by atoms with Crippen LogP contribution in [0.4, 0.5) is 11.4 Å². The number of fused-ring (bicyclic) bond motifs is 1. The van der Waals surface area contributed by atoms with Crippen LogP contribution in [0.25, 0.3) is 11.0 Å². The van der Waals surface area contributed by atoms with E-state index in [9.17, 15) is 4.79 Å². The van der Waals surface area contributed by atoms with Gasteiger partial charge in [-0.25, -0.2) is 4.98 Å². The van der Waals surface area contributed by atoms with Gasteiger partial charge in [-0.3, -0.25) is 9.78 Å². The molecule has 3 aromatic rings. The summed E-state index contributed by atoms with van der Waals surface area (Å²) in [4.78, 5) is 26.4. The van der Waals surface area contributed by atoms with E-state index in [1.807, 2.05) is 6.92 Å². The second kappa shape index (κ2) is 8.34. The zero-order valence-electron chi connectivity index (χ0n) is 15.4. The monoisotopic (exact) mass is 420 g/mol. The molecule has 1 aliphatic heterocycles. The van der Waals surface area contributed by atoms with E-state index in [-0.39, 0.29) is 24.4 Å². The van der Waals surface area contributed by atoms with E-state index >= 15 is 0 Å². The summed E-state index contributed by atoms with van der Waals surface area (Å²) < 4.78 is 0. The summed E-state index contributed by atoms with van der Waals surface area (Å²) >= 11 is 6.51. The molecule has 9 heteroatoms. The molecule has 0 spiro atoms. The number of piperidine rings is 1. The van der Waals surface area contributed by atoms with E-state index in [1.54, 1.807) is 30.9 Å². The van der Waals surface area contributed by atoms with Gasteiger partial charge in [0.2, 0.25) is 0 Å². The number of nitrogens with zero attached hydrogens (tertiary/aromatic N) is 3. The highest BCUT2D eigenvalue weighted by molar-refractivity contribution is 6.35. The quantitative estimate of drug-likeness (QED) is 0.601. The highest BCUT2D eigenvalue weighted by Crippen LogP contribution is 2.38. The Balaban J connectivity index is 0.00000225. The van der Waals surface area contributed by atoms with E-state index in [0.29, 0.717) is 21.9 Å². The Kier molecular flexibility index (Phi) is 6.07. The predicted octanol–water partition coefficient (Wildman–Crippen LogP) is 3.52. The number of hydrogen-bond acceptors (Lipinski definition) is 5. The fraction of sp³-hybridized carbons (Fsp3) is 0.316. The van der Waals surface area contributed by atoms with Crippen molar-refractivity contribution in [2.45, 2.75) is 25.8 Å². The number of rotatable bonds is 3. The van der Waals surface area contributed by atoms with Crippen LogP contribution in [-0.2, 0) is 0 Å². The molecule has 4 heterocycles. The number of aryl methyl sites for hydroxylation is 1. The first-order valence-electron chi connectivity index (χ1n) is 8.92. The number of hydrogen-bond donors (Lipinski definition) is 3. The summed E-state index contributed by atoms with van der Waals surface area (Å²) in [6.45, 7) is 3.49. The lowest BCUT2D eigenvalue weighted by molar-refractivity contribution is 0.102. The van der Waals surface area contributed by atoms with E-state index < -0.39 is 0 Å². The lowest BCUT2D eigenvalue weighted by Crippen LogP contribution is -2.43. The van der Waals surface area contributed by atoms with Crippen molar-refractivity contribution in [2.75, 3.05) is 23.3 Å². The van der Waals surface area contributed by atoms with Crippen LogP contribution in [0.2, 0.25) is 5.02 Å². The highest BCUT2D eigenvalue weighted by atomic mass is 35.5. The zero-order valence-corrected chi connectivity index (χ0v) is 17.0. The van der Waals surface area contributed by atoms with Gasteiger partial charge in [-0.1, -0.05) is 11.6 Å². The number of carbonyl (C=O) groups excluding carboxylic acids is 1. The van der Waals surface area contributed by atoms with Crippen LogP contribution in [0.5, 0.6) is 0 Å². The summed E-state index contributed by atoms with van der Waals surface area (Å²) in [5, 5.41) is 4.30. The van der Waals surface area contributed by atoms with Crippen LogP contribution in [0.1, 0.15) is 28.8 Å². The molecule has 0 unspecified atom stereocenters. The molecule has 0 radical (unpaired) electrons. The second-order valence-corrected chi connectivity index (χ2v) is 7.34. The molecule has 4 N–H and O–H groups in total. The summed E-state index contributed by atoms with van der Waals surface area (Å²) in [6.07, 6.45) is 8.63. The fourth-order valence-corrected chi connectivity index (χ4v) is 3.81. The van der Waals surface area contributed by atoms with Crippen molar-refractivity contribution in [3.63, 3.8) is 0 Å². The van der Waals surface area contributed by atoms with Gasteiger partial charge < -0.3 is 20.9 Å². The number of amides is 1. The van der Waals surface area contributed by atoms with Gasteiger partial charge >= 0.3 is 0 Å². The fourth-order valence-electron chi connectivity index (χ4n) is 3.55. The number of nitrogens with two attached hydrogens (primary N) is 1. The van der Waals surface area contributed by atoms with Crippen LogP contribution < -0.4 is 16.0 Å². The van der Waals surface area contributed by atoms with Crippen molar-refractivity contribution in [2.24, 2.45) is 5.73 Å². The molecule has 1 atom stereocenters. The molecule has 3 aromatic heterocycles. The molecule has 148 valence electrons. The third kappa shape index (κ3) is 3.92. The molecule has 1 fully saturated rings. The van der Waals surface area contributed by atoms with E-state index in [4.69, 9.17) is 17.3 Å². The van der Waals surface area contributed by atoms with Crippen molar-refractivity contribution in [1.82, 2.24) is 15.0 Å². The Morgan fingerprint density at radius 2 is 2.21 bits per heavy atom. The maximum absolute atomic E-state index is 12.7. The molecule has 4 rings (SSSR count). The number of anilines is 2. The molecule has 1 saturated heterocycles. The number of carbonyl (C=O) groups is 1. The van der Waals surface area contributed by atoms with Crippen molar-refractivity contribution < 1.29 is 4.79 Å². The number of H-pyrrole nitrogens is 1. The molecule has 7 nitrogen and oxygen atoms in total.